The first-order valence-electron chi connectivity index (χ1n) is 8.82. The Labute approximate surface area is 171 Å². The number of nitrogens with zero attached hydrogens (tertiary/aromatic N) is 3. The zero-order chi connectivity index (χ0) is 20.8. The summed E-state index contributed by atoms with van der Waals surface area (Å²) in [7, 11) is 0. The van der Waals surface area contributed by atoms with Gasteiger partial charge in [0, 0.05) is 23.2 Å². The van der Waals surface area contributed by atoms with E-state index in [0.29, 0.717) is 22.8 Å². The topological polar surface area (TPSA) is 118 Å². The first kappa shape index (κ1) is 20.2. The Morgan fingerprint density at radius 3 is 2.38 bits per heavy atom. The van der Waals surface area contributed by atoms with Crippen molar-refractivity contribution in [1.29, 1.82) is 0 Å². The van der Waals surface area contributed by atoms with E-state index < -0.39 is 6.04 Å². The number of hydrogen-bond donors (Lipinski definition) is 3. The average molecular weight is 412 g/mol. The van der Waals surface area contributed by atoms with Crippen LogP contribution in [0.15, 0.2) is 49.1 Å². The van der Waals surface area contributed by atoms with Gasteiger partial charge in [-0.15, -0.1) is 11.3 Å². The molecular weight excluding hydrogens is 392 g/mol. The zero-order valence-electron chi connectivity index (χ0n) is 15.9. The number of benzene rings is 1. The van der Waals surface area contributed by atoms with Crippen molar-refractivity contribution in [3.63, 3.8) is 0 Å². The van der Waals surface area contributed by atoms with Crippen molar-refractivity contribution in [3.05, 3.63) is 58.8 Å². The van der Waals surface area contributed by atoms with Crippen molar-refractivity contribution in [1.82, 2.24) is 20.1 Å². The molecule has 150 valence electrons. The lowest BCUT2D eigenvalue weighted by Crippen LogP contribution is -2.24. The van der Waals surface area contributed by atoms with E-state index in [-0.39, 0.29) is 17.7 Å². The molecular formula is C19H20N6O3S. The van der Waals surface area contributed by atoms with Crippen molar-refractivity contribution in [2.75, 3.05) is 10.6 Å². The van der Waals surface area contributed by atoms with Crippen molar-refractivity contribution in [3.8, 4) is 0 Å². The van der Waals surface area contributed by atoms with Gasteiger partial charge in [-0.3, -0.25) is 14.4 Å². The van der Waals surface area contributed by atoms with Crippen LogP contribution in [0.4, 0.5) is 11.4 Å². The van der Waals surface area contributed by atoms with Crippen LogP contribution < -0.4 is 16.0 Å². The van der Waals surface area contributed by atoms with Gasteiger partial charge in [0.1, 0.15) is 18.7 Å². The molecule has 0 saturated heterocycles. The molecule has 10 heteroatoms. The first-order chi connectivity index (χ1) is 13.9. The van der Waals surface area contributed by atoms with Crippen LogP contribution in [0.3, 0.4) is 0 Å². The van der Waals surface area contributed by atoms with Crippen molar-refractivity contribution in [2.24, 2.45) is 0 Å². The fourth-order valence-corrected chi connectivity index (χ4v) is 3.26. The summed E-state index contributed by atoms with van der Waals surface area (Å²) in [6, 6.07) is 9.86. The summed E-state index contributed by atoms with van der Waals surface area (Å²) in [6.45, 7) is 3.57. The van der Waals surface area contributed by atoms with Crippen LogP contribution in [-0.4, -0.2) is 32.5 Å². The van der Waals surface area contributed by atoms with Crippen LogP contribution >= 0.6 is 11.3 Å². The Bertz CT molecular complexity index is 997. The van der Waals surface area contributed by atoms with Gasteiger partial charge < -0.3 is 16.0 Å². The van der Waals surface area contributed by atoms with Gasteiger partial charge in [0.2, 0.25) is 11.8 Å². The molecule has 0 saturated carbocycles. The molecule has 29 heavy (non-hydrogen) atoms. The average Bonchev–Trinajstić information content (AvgIpc) is 3.39. The molecule has 0 aliphatic rings. The molecule has 0 bridgehead atoms. The monoisotopic (exact) mass is 412 g/mol. The predicted octanol–water partition coefficient (Wildman–Crippen LogP) is 2.43. The number of aromatic nitrogens is 3. The molecule has 1 atom stereocenters. The standard InChI is InChI=1S/C19H20N6O3S/c1-12(25-11-20-10-22-25)18(27)23-14-3-5-15(6-4-14)24-19(28)17-8-7-16(29-17)9-21-13(2)26/h3-8,10-12H,9H2,1-2H3,(H,21,26)(H,23,27)(H,24,28). The summed E-state index contributed by atoms with van der Waals surface area (Å²) in [5.74, 6) is -0.578. The summed E-state index contributed by atoms with van der Waals surface area (Å²) in [4.78, 5) is 40.9. The highest BCUT2D eigenvalue weighted by atomic mass is 32.1. The molecule has 1 aromatic carbocycles. The van der Waals surface area contributed by atoms with E-state index in [0.717, 1.165) is 4.88 Å². The summed E-state index contributed by atoms with van der Waals surface area (Å²) in [5.41, 5.74) is 1.21. The van der Waals surface area contributed by atoms with E-state index in [4.69, 9.17) is 0 Å². The summed E-state index contributed by atoms with van der Waals surface area (Å²) >= 11 is 1.32. The second-order valence-corrected chi connectivity index (χ2v) is 7.42. The number of thiophene rings is 1. The molecule has 2 heterocycles. The SMILES string of the molecule is CC(=O)NCc1ccc(C(=O)Nc2ccc(NC(=O)C(C)n3cncn3)cc2)s1. The van der Waals surface area contributed by atoms with Crippen molar-refractivity contribution in [2.45, 2.75) is 26.4 Å². The third kappa shape index (κ3) is 5.48. The quantitative estimate of drug-likeness (QED) is 0.551. The number of rotatable bonds is 7. The Morgan fingerprint density at radius 1 is 1.07 bits per heavy atom. The molecule has 9 nitrogen and oxygen atoms in total. The maximum absolute atomic E-state index is 12.4. The Balaban J connectivity index is 1.55. The van der Waals surface area contributed by atoms with Crippen molar-refractivity contribution >= 4 is 40.4 Å². The van der Waals surface area contributed by atoms with E-state index >= 15 is 0 Å². The summed E-state index contributed by atoms with van der Waals surface area (Å²) < 4.78 is 1.46. The molecule has 3 amide bonds. The maximum atomic E-state index is 12.4. The molecule has 1 unspecified atom stereocenters. The van der Waals surface area contributed by atoms with E-state index in [1.54, 1.807) is 37.3 Å². The number of nitrogens with one attached hydrogen (secondary N) is 3. The molecule has 2 aromatic heterocycles. The lowest BCUT2D eigenvalue weighted by atomic mass is 10.2. The van der Waals surface area contributed by atoms with E-state index in [2.05, 4.69) is 26.0 Å². The normalized spacial score (nSPS) is 11.5. The highest BCUT2D eigenvalue weighted by Gasteiger charge is 2.15. The minimum atomic E-state index is -0.498. The van der Waals surface area contributed by atoms with Crippen molar-refractivity contribution < 1.29 is 14.4 Å². The fraction of sp³-hybridized carbons (Fsp3) is 0.211. The smallest absolute Gasteiger partial charge is 0.265 e. The minimum Gasteiger partial charge on any atom is -0.351 e. The first-order valence-corrected chi connectivity index (χ1v) is 9.63. The third-order valence-electron chi connectivity index (χ3n) is 4.02. The molecule has 0 aliphatic heterocycles. The van der Waals surface area contributed by atoms with Gasteiger partial charge in [0.05, 0.1) is 11.4 Å². The molecule has 0 fully saturated rings. The molecule has 0 spiro atoms. The molecule has 3 aromatic rings. The highest BCUT2D eigenvalue weighted by Crippen LogP contribution is 2.20. The van der Waals surface area contributed by atoms with Gasteiger partial charge in [-0.25, -0.2) is 9.67 Å². The molecule has 0 radical (unpaired) electrons. The van der Waals surface area contributed by atoms with Gasteiger partial charge >= 0.3 is 0 Å². The number of amides is 3. The van der Waals surface area contributed by atoms with Crippen LogP contribution in [0.2, 0.25) is 0 Å². The number of carbonyl (C=O) groups excluding carboxylic acids is 3. The van der Waals surface area contributed by atoms with Crippen LogP contribution in [0.25, 0.3) is 0 Å². The van der Waals surface area contributed by atoms with Gasteiger partial charge in [0.25, 0.3) is 5.91 Å². The number of hydrogen-bond acceptors (Lipinski definition) is 6. The van der Waals surface area contributed by atoms with Crippen LogP contribution in [-0.2, 0) is 16.1 Å². The molecule has 3 N–H and O–H groups in total. The maximum Gasteiger partial charge on any atom is 0.265 e. The van der Waals surface area contributed by atoms with Gasteiger partial charge in [-0.2, -0.15) is 5.10 Å². The van der Waals surface area contributed by atoms with E-state index in [1.165, 1.54) is 35.6 Å². The minimum absolute atomic E-state index is 0.118. The van der Waals surface area contributed by atoms with Gasteiger partial charge in [0.15, 0.2) is 0 Å². The molecule has 3 rings (SSSR count). The summed E-state index contributed by atoms with van der Waals surface area (Å²) in [6.07, 6.45) is 2.85. The summed E-state index contributed by atoms with van der Waals surface area (Å²) in [5, 5.41) is 12.3. The zero-order valence-corrected chi connectivity index (χ0v) is 16.7. The number of carbonyl (C=O) groups is 3. The lowest BCUT2D eigenvalue weighted by molar-refractivity contribution is -0.119. The van der Waals surface area contributed by atoms with Crippen LogP contribution in [0.1, 0.15) is 34.4 Å². The van der Waals surface area contributed by atoms with Gasteiger partial charge in [-0.05, 0) is 43.3 Å². The lowest BCUT2D eigenvalue weighted by Gasteiger charge is -2.12. The predicted molar refractivity (Wildman–Crippen MR) is 110 cm³/mol. The van der Waals surface area contributed by atoms with E-state index in [9.17, 15) is 14.4 Å². The molecule has 0 aliphatic carbocycles. The second-order valence-electron chi connectivity index (χ2n) is 6.25. The van der Waals surface area contributed by atoms with E-state index in [1.807, 2.05) is 6.07 Å². The van der Waals surface area contributed by atoms with Crippen LogP contribution in [0, 0.1) is 0 Å². The Morgan fingerprint density at radius 2 is 1.76 bits per heavy atom. The number of anilines is 2. The largest absolute Gasteiger partial charge is 0.351 e. The van der Waals surface area contributed by atoms with Crippen LogP contribution in [0.5, 0.6) is 0 Å². The second kappa shape index (κ2) is 9.11. The highest BCUT2D eigenvalue weighted by molar-refractivity contribution is 7.14. The van der Waals surface area contributed by atoms with Gasteiger partial charge in [-0.1, -0.05) is 0 Å². The third-order valence-corrected chi connectivity index (χ3v) is 5.10. The Kier molecular flexibility index (Phi) is 6.35. The Hall–Kier alpha value is -3.53. The fourth-order valence-electron chi connectivity index (χ4n) is 2.42.